The van der Waals surface area contributed by atoms with Crippen LogP contribution in [0.5, 0.6) is 11.5 Å². The molecule has 0 aromatic heterocycles. The SMILES string of the molecule is COc1cccc(C(=O)N2CC(CN3C(=O)COC3=O)C2)c1OC. The van der Waals surface area contributed by atoms with Gasteiger partial charge in [-0.25, -0.2) is 9.69 Å². The number of likely N-dealkylation sites (tertiary alicyclic amines) is 1. The van der Waals surface area contributed by atoms with Gasteiger partial charge in [0, 0.05) is 25.6 Å². The van der Waals surface area contributed by atoms with Crippen molar-refractivity contribution < 1.29 is 28.6 Å². The second kappa shape index (κ2) is 6.38. The van der Waals surface area contributed by atoms with Crippen LogP contribution in [-0.2, 0) is 9.53 Å². The quantitative estimate of drug-likeness (QED) is 0.790. The first-order valence-electron chi connectivity index (χ1n) is 7.52. The molecule has 2 aliphatic heterocycles. The number of amides is 3. The van der Waals surface area contributed by atoms with Crippen molar-refractivity contribution in [3.05, 3.63) is 23.8 Å². The van der Waals surface area contributed by atoms with E-state index in [9.17, 15) is 14.4 Å². The summed E-state index contributed by atoms with van der Waals surface area (Å²) in [6, 6.07) is 5.13. The molecule has 0 atom stereocenters. The molecular weight excluding hydrogens is 316 g/mol. The van der Waals surface area contributed by atoms with E-state index < -0.39 is 6.09 Å². The molecule has 2 aliphatic rings. The first-order chi connectivity index (χ1) is 11.5. The highest BCUT2D eigenvalue weighted by molar-refractivity contribution is 5.99. The van der Waals surface area contributed by atoms with Crippen LogP contribution in [0, 0.1) is 5.92 Å². The number of hydrogen-bond donors (Lipinski definition) is 0. The topological polar surface area (TPSA) is 85.4 Å². The summed E-state index contributed by atoms with van der Waals surface area (Å²) >= 11 is 0. The third kappa shape index (κ3) is 2.75. The van der Waals surface area contributed by atoms with Crippen LogP contribution in [0.15, 0.2) is 18.2 Å². The van der Waals surface area contributed by atoms with Crippen molar-refractivity contribution in [3.63, 3.8) is 0 Å². The molecule has 2 saturated heterocycles. The van der Waals surface area contributed by atoms with Crippen molar-refractivity contribution in [1.29, 1.82) is 0 Å². The molecule has 2 fully saturated rings. The molecule has 1 aromatic carbocycles. The van der Waals surface area contributed by atoms with Gasteiger partial charge >= 0.3 is 6.09 Å². The molecule has 1 aromatic rings. The Kier molecular flexibility index (Phi) is 4.28. The summed E-state index contributed by atoms with van der Waals surface area (Å²) in [5.74, 6) is 0.439. The minimum absolute atomic E-state index is 0.0557. The fourth-order valence-electron chi connectivity index (χ4n) is 2.89. The molecule has 8 heteroatoms. The largest absolute Gasteiger partial charge is 0.493 e. The van der Waals surface area contributed by atoms with E-state index in [-0.39, 0.29) is 30.9 Å². The van der Waals surface area contributed by atoms with Gasteiger partial charge in [-0.1, -0.05) is 6.07 Å². The Morgan fingerprint density at radius 1 is 1.25 bits per heavy atom. The van der Waals surface area contributed by atoms with E-state index in [1.807, 2.05) is 0 Å². The number of hydrogen-bond acceptors (Lipinski definition) is 6. The summed E-state index contributed by atoms with van der Waals surface area (Å²) in [7, 11) is 3.00. The van der Waals surface area contributed by atoms with Gasteiger partial charge in [0.15, 0.2) is 18.1 Å². The van der Waals surface area contributed by atoms with Crippen LogP contribution in [0.1, 0.15) is 10.4 Å². The fourth-order valence-corrected chi connectivity index (χ4v) is 2.89. The lowest BCUT2D eigenvalue weighted by Crippen LogP contribution is -2.54. The molecule has 128 valence electrons. The first kappa shape index (κ1) is 16.1. The molecule has 0 N–H and O–H groups in total. The number of methoxy groups -OCH3 is 2. The van der Waals surface area contributed by atoms with Crippen molar-refractivity contribution in [2.75, 3.05) is 40.5 Å². The van der Waals surface area contributed by atoms with Gasteiger partial charge in [-0.2, -0.15) is 0 Å². The predicted molar refractivity (Wildman–Crippen MR) is 82.0 cm³/mol. The molecule has 0 aliphatic carbocycles. The highest BCUT2D eigenvalue weighted by Gasteiger charge is 2.39. The van der Waals surface area contributed by atoms with Crippen molar-refractivity contribution in [2.45, 2.75) is 0 Å². The van der Waals surface area contributed by atoms with E-state index in [1.54, 1.807) is 23.1 Å². The minimum Gasteiger partial charge on any atom is -0.493 e. The Balaban J connectivity index is 1.63. The second-order valence-electron chi connectivity index (χ2n) is 5.68. The zero-order valence-electron chi connectivity index (χ0n) is 13.5. The Bertz CT molecular complexity index is 667. The van der Waals surface area contributed by atoms with Gasteiger partial charge in [0.2, 0.25) is 0 Å². The molecule has 0 spiro atoms. The summed E-state index contributed by atoms with van der Waals surface area (Å²) in [6.07, 6.45) is -0.612. The summed E-state index contributed by atoms with van der Waals surface area (Å²) in [5.41, 5.74) is 0.423. The third-order valence-electron chi connectivity index (χ3n) is 4.16. The van der Waals surface area contributed by atoms with Gasteiger partial charge < -0.3 is 19.1 Å². The number of benzene rings is 1. The monoisotopic (exact) mass is 334 g/mol. The van der Waals surface area contributed by atoms with Gasteiger partial charge in [0.25, 0.3) is 11.8 Å². The average Bonchev–Trinajstić information content (AvgIpc) is 2.87. The van der Waals surface area contributed by atoms with Gasteiger partial charge in [-0.3, -0.25) is 9.59 Å². The molecule has 2 heterocycles. The maximum Gasteiger partial charge on any atom is 0.417 e. The fraction of sp³-hybridized carbons (Fsp3) is 0.438. The van der Waals surface area contributed by atoms with Crippen molar-refractivity contribution in [1.82, 2.24) is 9.80 Å². The predicted octanol–water partition coefficient (Wildman–Crippen LogP) is 0.755. The number of nitrogens with zero attached hydrogens (tertiary/aromatic N) is 2. The minimum atomic E-state index is -0.612. The van der Waals surface area contributed by atoms with Crippen LogP contribution in [0.25, 0.3) is 0 Å². The number of ether oxygens (including phenoxy) is 3. The van der Waals surface area contributed by atoms with Crippen molar-refractivity contribution in [3.8, 4) is 11.5 Å². The maximum absolute atomic E-state index is 12.6. The molecule has 0 saturated carbocycles. The number of carbonyl (C=O) groups is 3. The lowest BCUT2D eigenvalue weighted by molar-refractivity contribution is -0.126. The molecule has 8 nitrogen and oxygen atoms in total. The zero-order chi connectivity index (χ0) is 17.3. The average molecular weight is 334 g/mol. The highest BCUT2D eigenvalue weighted by atomic mass is 16.6. The lowest BCUT2D eigenvalue weighted by atomic mass is 9.98. The van der Waals surface area contributed by atoms with Crippen molar-refractivity contribution >= 4 is 17.9 Å². The second-order valence-corrected chi connectivity index (χ2v) is 5.68. The molecule has 3 amide bonds. The highest BCUT2D eigenvalue weighted by Crippen LogP contribution is 2.33. The van der Waals surface area contributed by atoms with Crippen LogP contribution in [-0.4, -0.2) is 68.2 Å². The Morgan fingerprint density at radius 2 is 2.00 bits per heavy atom. The summed E-state index contributed by atoms with van der Waals surface area (Å²) in [5, 5.41) is 0. The van der Waals surface area contributed by atoms with E-state index in [2.05, 4.69) is 4.74 Å². The molecule has 0 unspecified atom stereocenters. The Labute approximate surface area is 138 Å². The van der Waals surface area contributed by atoms with Crippen LogP contribution in [0.2, 0.25) is 0 Å². The van der Waals surface area contributed by atoms with Crippen LogP contribution in [0.3, 0.4) is 0 Å². The van der Waals surface area contributed by atoms with Gasteiger partial charge in [0.05, 0.1) is 19.8 Å². The maximum atomic E-state index is 12.6. The summed E-state index contributed by atoms with van der Waals surface area (Å²) in [4.78, 5) is 38.3. The van der Waals surface area contributed by atoms with Crippen molar-refractivity contribution in [2.24, 2.45) is 5.92 Å². The molecule has 3 rings (SSSR count). The van der Waals surface area contributed by atoms with Crippen LogP contribution >= 0.6 is 0 Å². The molecular formula is C16H18N2O6. The van der Waals surface area contributed by atoms with Gasteiger partial charge in [0.1, 0.15) is 0 Å². The number of cyclic esters (lactones) is 1. The van der Waals surface area contributed by atoms with E-state index in [4.69, 9.17) is 9.47 Å². The number of imide groups is 1. The Hall–Kier alpha value is -2.77. The van der Waals surface area contributed by atoms with Crippen LogP contribution in [0.4, 0.5) is 4.79 Å². The van der Waals surface area contributed by atoms with E-state index >= 15 is 0 Å². The number of para-hydroxylation sites is 1. The smallest absolute Gasteiger partial charge is 0.417 e. The standard InChI is InChI=1S/C16H18N2O6/c1-22-12-5-3-4-11(14(12)23-2)15(20)17-6-10(7-17)8-18-13(19)9-24-16(18)21/h3-5,10H,6-9H2,1-2H3. The number of rotatable bonds is 5. The number of carbonyl (C=O) groups excluding carboxylic acids is 3. The lowest BCUT2D eigenvalue weighted by Gasteiger charge is -2.40. The van der Waals surface area contributed by atoms with E-state index in [1.165, 1.54) is 14.2 Å². The molecule has 0 bridgehead atoms. The third-order valence-corrected chi connectivity index (χ3v) is 4.16. The normalized spacial score (nSPS) is 17.6. The summed E-state index contributed by atoms with van der Waals surface area (Å²) < 4.78 is 15.2. The van der Waals surface area contributed by atoms with E-state index in [0.717, 1.165) is 4.90 Å². The van der Waals surface area contributed by atoms with E-state index in [0.29, 0.717) is 30.2 Å². The Morgan fingerprint density at radius 3 is 2.58 bits per heavy atom. The first-order valence-corrected chi connectivity index (χ1v) is 7.52. The zero-order valence-corrected chi connectivity index (χ0v) is 13.5. The summed E-state index contributed by atoms with van der Waals surface area (Å²) in [6.45, 7) is 1.01. The molecule has 24 heavy (non-hydrogen) atoms. The van der Waals surface area contributed by atoms with Gasteiger partial charge in [-0.05, 0) is 12.1 Å². The van der Waals surface area contributed by atoms with Crippen LogP contribution < -0.4 is 9.47 Å². The molecule has 0 radical (unpaired) electrons. The van der Waals surface area contributed by atoms with Gasteiger partial charge in [-0.15, -0.1) is 0 Å².